The first-order valence-electron chi connectivity index (χ1n) is 11.5. The van der Waals surface area contributed by atoms with E-state index in [1.165, 1.54) is 9.58 Å². The maximum Gasteiger partial charge on any atom is 0.255 e. The number of anilines is 1. The number of rotatable bonds is 5. The minimum absolute atomic E-state index is 0.0997. The Bertz CT molecular complexity index is 1170. The second-order valence-electron chi connectivity index (χ2n) is 9.17. The van der Waals surface area contributed by atoms with Crippen LogP contribution in [0.25, 0.3) is 0 Å². The molecule has 4 amide bonds. The van der Waals surface area contributed by atoms with Crippen LogP contribution in [0.3, 0.4) is 0 Å². The minimum Gasteiger partial charge on any atom is -0.383 e. The molecule has 1 aromatic carbocycles. The van der Waals surface area contributed by atoms with Gasteiger partial charge in [-0.1, -0.05) is 30.5 Å². The molecule has 1 atom stereocenters. The third kappa shape index (κ3) is 4.07. The number of carbonyl (C=O) groups excluding carboxylic acids is 4. The van der Waals surface area contributed by atoms with Gasteiger partial charge in [0.15, 0.2) is 0 Å². The van der Waals surface area contributed by atoms with Crippen molar-refractivity contribution in [3.63, 3.8) is 0 Å². The van der Waals surface area contributed by atoms with E-state index in [0.29, 0.717) is 35.3 Å². The topological polar surface area (TPSA) is 147 Å². The smallest absolute Gasteiger partial charge is 0.255 e. The highest BCUT2D eigenvalue weighted by atomic mass is 16.3. The Morgan fingerprint density at radius 2 is 2.00 bits per heavy atom. The Morgan fingerprint density at radius 1 is 1.21 bits per heavy atom. The molecule has 0 bridgehead atoms. The van der Waals surface area contributed by atoms with Gasteiger partial charge in [0.1, 0.15) is 23.9 Å². The fourth-order valence-electron chi connectivity index (χ4n) is 5.02. The van der Waals surface area contributed by atoms with Gasteiger partial charge in [-0.3, -0.25) is 24.5 Å². The van der Waals surface area contributed by atoms with E-state index in [4.69, 9.17) is 0 Å². The number of imide groups is 1. The van der Waals surface area contributed by atoms with Crippen molar-refractivity contribution in [2.75, 3.05) is 5.32 Å². The van der Waals surface area contributed by atoms with Crippen molar-refractivity contribution in [1.82, 2.24) is 25.2 Å². The van der Waals surface area contributed by atoms with Crippen LogP contribution in [0.5, 0.6) is 0 Å². The largest absolute Gasteiger partial charge is 0.383 e. The molecular weight excluding hydrogens is 440 g/mol. The minimum atomic E-state index is -0.993. The molecule has 3 heterocycles. The van der Waals surface area contributed by atoms with Crippen LogP contribution in [0.4, 0.5) is 5.69 Å². The maximum atomic E-state index is 12.9. The third-order valence-electron chi connectivity index (χ3n) is 6.86. The number of aliphatic hydroxyl groups is 1. The summed E-state index contributed by atoms with van der Waals surface area (Å²) in [5, 5.41) is 24.0. The highest BCUT2D eigenvalue weighted by Gasteiger charge is 2.40. The molecule has 1 aromatic heterocycles. The second-order valence-corrected chi connectivity index (χ2v) is 9.17. The highest BCUT2D eigenvalue weighted by Crippen LogP contribution is 2.36. The summed E-state index contributed by atoms with van der Waals surface area (Å²) in [5.41, 5.74) is 1.02. The summed E-state index contributed by atoms with van der Waals surface area (Å²) >= 11 is 0. The zero-order valence-electron chi connectivity index (χ0n) is 18.6. The number of carbonyl (C=O) groups is 4. The Labute approximate surface area is 195 Å². The van der Waals surface area contributed by atoms with Crippen LogP contribution in [0.1, 0.15) is 66.6 Å². The van der Waals surface area contributed by atoms with E-state index in [0.717, 1.165) is 19.3 Å². The number of nitrogens with one attached hydrogen (secondary N) is 2. The van der Waals surface area contributed by atoms with Gasteiger partial charge in [-0.2, -0.15) is 0 Å². The average Bonchev–Trinajstić information content (AvgIpc) is 3.40. The molecule has 178 valence electrons. The molecular formula is C23H26N6O5. The van der Waals surface area contributed by atoms with Crippen molar-refractivity contribution in [2.45, 2.75) is 69.7 Å². The van der Waals surface area contributed by atoms with Gasteiger partial charge in [0, 0.05) is 29.8 Å². The molecule has 0 radical (unpaired) electrons. The first-order valence-corrected chi connectivity index (χ1v) is 11.5. The van der Waals surface area contributed by atoms with E-state index < -0.39 is 17.6 Å². The molecule has 11 heteroatoms. The van der Waals surface area contributed by atoms with Gasteiger partial charge >= 0.3 is 0 Å². The van der Waals surface area contributed by atoms with Crippen molar-refractivity contribution in [1.29, 1.82) is 0 Å². The molecule has 34 heavy (non-hydrogen) atoms. The standard InChI is InChI=1S/C23H26N6O5/c30-19-8-7-17(21(32)25-19)29-11-15-14(22(29)33)5-4-6-16(15)24-20(31)13-28-12-18(26-27-28)23(34)9-2-1-3-10-23/h4-6,12,17,34H,1-3,7-11,13H2,(H,24,31)(H,25,30,32). The summed E-state index contributed by atoms with van der Waals surface area (Å²) in [4.78, 5) is 50.8. The number of hydrogen-bond donors (Lipinski definition) is 3. The maximum absolute atomic E-state index is 12.9. The molecule has 1 aliphatic carbocycles. The van der Waals surface area contributed by atoms with E-state index in [9.17, 15) is 24.3 Å². The summed E-state index contributed by atoms with van der Waals surface area (Å²) in [5.74, 6) is -1.48. The van der Waals surface area contributed by atoms with Crippen LogP contribution in [0.2, 0.25) is 0 Å². The third-order valence-corrected chi connectivity index (χ3v) is 6.86. The number of fused-ring (bicyclic) bond motifs is 1. The number of piperidine rings is 1. The van der Waals surface area contributed by atoms with Gasteiger partial charge in [-0.05, 0) is 31.4 Å². The molecule has 11 nitrogen and oxygen atoms in total. The molecule has 0 spiro atoms. The molecule has 2 fully saturated rings. The zero-order chi connectivity index (χ0) is 23.9. The molecule has 1 saturated heterocycles. The van der Waals surface area contributed by atoms with Crippen molar-refractivity contribution in [3.8, 4) is 0 Å². The van der Waals surface area contributed by atoms with Gasteiger partial charge in [-0.15, -0.1) is 5.10 Å². The Balaban J connectivity index is 1.27. The van der Waals surface area contributed by atoms with E-state index in [-0.39, 0.29) is 43.7 Å². The van der Waals surface area contributed by atoms with Crippen LogP contribution in [0.15, 0.2) is 24.4 Å². The monoisotopic (exact) mass is 466 g/mol. The van der Waals surface area contributed by atoms with Crippen LogP contribution in [-0.2, 0) is 33.1 Å². The fourth-order valence-corrected chi connectivity index (χ4v) is 5.02. The Morgan fingerprint density at radius 3 is 2.76 bits per heavy atom. The predicted octanol–water partition coefficient (Wildman–Crippen LogP) is 0.829. The summed E-state index contributed by atoms with van der Waals surface area (Å²) in [7, 11) is 0. The molecule has 2 aromatic rings. The van der Waals surface area contributed by atoms with Crippen molar-refractivity contribution >= 4 is 29.3 Å². The SMILES string of the molecule is O=C1CCC(N2Cc3c(NC(=O)Cn4cc(C5(O)CCCCC5)nn4)cccc3C2=O)C(=O)N1. The number of amides is 4. The van der Waals surface area contributed by atoms with Gasteiger partial charge < -0.3 is 15.3 Å². The van der Waals surface area contributed by atoms with E-state index >= 15 is 0 Å². The average molecular weight is 466 g/mol. The summed E-state index contributed by atoms with van der Waals surface area (Å²) in [6, 6.07) is 4.32. The zero-order valence-corrected chi connectivity index (χ0v) is 18.6. The van der Waals surface area contributed by atoms with Gasteiger partial charge in [0.2, 0.25) is 17.7 Å². The molecule has 1 saturated carbocycles. The van der Waals surface area contributed by atoms with Crippen LogP contribution >= 0.6 is 0 Å². The quantitative estimate of drug-likeness (QED) is 0.553. The van der Waals surface area contributed by atoms with Crippen LogP contribution in [-0.4, -0.2) is 54.7 Å². The molecule has 1 unspecified atom stereocenters. The number of hydrogen-bond acceptors (Lipinski definition) is 7. The van der Waals surface area contributed by atoms with E-state index in [1.54, 1.807) is 24.4 Å². The molecule has 2 aliphatic heterocycles. The van der Waals surface area contributed by atoms with Crippen molar-refractivity contribution in [2.24, 2.45) is 0 Å². The lowest BCUT2D eigenvalue weighted by Crippen LogP contribution is -2.52. The highest BCUT2D eigenvalue weighted by molar-refractivity contribution is 6.06. The summed E-state index contributed by atoms with van der Waals surface area (Å²) in [6.07, 6.45) is 6.26. The number of aromatic nitrogens is 3. The number of nitrogens with zero attached hydrogens (tertiary/aromatic N) is 4. The lowest BCUT2D eigenvalue weighted by atomic mass is 9.83. The van der Waals surface area contributed by atoms with Gasteiger partial charge in [0.05, 0.1) is 6.20 Å². The molecule has 3 aliphatic rings. The lowest BCUT2D eigenvalue weighted by Gasteiger charge is -2.29. The Hall–Kier alpha value is -3.60. The first-order chi connectivity index (χ1) is 16.3. The summed E-state index contributed by atoms with van der Waals surface area (Å²) < 4.78 is 1.39. The van der Waals surface area contributed by atoms with E-state index in [1.807, 2.05) is 0 Å². The Kier molecular flexibility index (Phi) is 5.64. The van der Waals surface area contributed by atoms with Crippen molar-refractivity contribution in [3.05, 3.63) is 41.2 Å². The number of benzene rings is 1. The molecule has 3 N–H and O–H groups in total. The normalized spacial score (nSPS) is 21.9. The van der Waals surface area contributed by atoms with Gasteiger partial charge in [-0.25, -0.2) is 4.68 Å². The second kappa shape index (κ2) is 8.64. The fraction of sp³-hybridized carbons (Fsp3) is 0.478. The van der Waals surface area contributed by atoms with Crippen LogP contribution < -0.4 is 10.6 Å². The van der Waals surface area contributed by atoms with Crippen LogP contribution in [0, 0.1) is 0 Å². The molecule has 5 rings (SSSR count). The van der Waals surface area contributed by atoms with Crippen molar-refractivity contribution < 1.29 is 24.3 Å². The summed E-state index contributed by atoms with van der Waals surface area (Å²) in [6.45, 7) is 0.0644. The first kappa shape index (κ1) is 22.2. The van der Waals surface area contributed by atoms with E-state index in [2.05, 4.69) is 20.9 Å². The lowest BCUT2D eigenvalue weighted by molar-refractivity contribution is -0.137. The predicted molar refractivity (Wildman–Crippen MR) is 118 cm³/mol. The van der Waals surface area contributed by atoms with Gasteiger partial charge in [0.25, 0.3) is 5.91 Å².